The maximum absolute atomic E-state index is 14.4. The van der Waals surface area contributed by atoms with Crippen LogP contribution in [0.25, 0.3) is 0 Å². The number of hydrogen-bond acceptors (Lipinski definition) is 7. The second-order valence-electron chi connectivity index (χ2n) is 7.50. The van der Waals surface area contributed by atoms with Gasteiger partial charge >= 0.3 is 6.09 Å². The lowest BCUT2D eigenvalue weighted by molar-refractivity contribution is 0.187. The fraction of sp³-hybridized carbons (Fsp3) is 0.444. The molecule has 0 radical (unpaired) electrons. The molecule has 1 aliphatic heterocycles. The number of hydrogen-bond donors (Lipinski definition) is 4. The van der Waals surface area contributed by atoms with Gasteiger partial charge in [-0.1, -0.05) is 18.5 Å². The lowest BCUT2D eigenvalue weighted by Gasteiger charge is -2.24. The molecule has 154 valence electrons. The van der Waals surface area contributed by atoms with Crippen molar-refractivity contribution in [1.29, 1.82) is 0 Å². The Hall–Kier alpha value is -2.72. The number of amides is 1. The highest BCUT2D eigenvalue weighted by atomic mass is 35.5. The van der Waals surface area contributed by atoms with Gasteiger partial charge in [-0.05, 0) is 18.9 Å². The Bertz CT molecular complexity index is 977. The van der Waals surface area contributed by atoms with Crippen molar-refractivity contribution in [2.45, 2.75) is 25.5 Å². The van der Waals surface area contributed by atoms with E-state index >= 15 is 0 Å². The van der Waals surface area contributed by atoms with Gasteiger partial charge in [-0.15, -0.1) is 0 Å². The number of anilines is 3. The van der Waals surface area contributed by atoms with Crippen molar-refractivity contribution < 1.29 is 19.4 Å². The summed E-state index contributed by atoms with van der Waals surface area (Å²) in [7, 11) is 0. The first-order valence-corrected chi connectivity index (χ1v) is 9.48. The fourth-order valence-electron chi connectivity index (χ4n) is 4.13. The van der Waals surface area contributed by atoms with E-state index in [2.05, 4.69) is 25.6 Å². The number of nitrogens with zero attached hydrogens (tertiary/aromatic N) is 4. The summed E-state index contributed by atoms with van der Waals surface area (Å²) in [5.74, 6) is -0.0278. The molecule has 2 aliphatic rings. The lowest BCUT2D eigenvalue weighted by Crippen LogP contribution is -2.43. The Balaban J connectivity index is 1.53. The summed E-state index contributed by atoms with van der Waals surface area (Å²) in [6.45, 7) is 4.39. The van der Waals surface area contributed by atoms with Crippen LogP contribution in [0.5, 0.6) is 0 Å². The second-order valence-corrected chi connectivity index (χ2v) is 7.91. The molecule has 9 nitrogen and oxygen atoms in total. The normalized spacial score (nSPS) is 26.0. The van der Waals surface area contributed by atoms with Crippen molar-refractivity contribution in [2.24, 2.45) is 11.8 Å². The zero-order chi connectivity index (χ0) is 20.9. The quantitative estimate of drug-likeness (QED) is 0.579. The summed E-state index contributed by atoms with van der Waals surface area (Å²) >= 11 is 6.12. The Morgan fingerprint density at radius 2 is 2.21 bits per heavy atom. The number of piperidine rings is 1. The number of halogens is 2. The van der Waals surface area contributed by atoms with Crippen molar-refractivity contribution in [3.63, 3.8) is 0 Å². The summed E-state index contributed by atoms with van der Waals surface area (Å²) in [5.41, 5.74) is 0.267. The van der Waals surface area contributed by atoms with Crippen LogP contribution in [-0.4, -0.2) is 49.9 Å². The number of pyridine rings is 1. The molecule has 29 heavy (non-hydrogen) atoms. The van der Waals surface area contributed by atoms with Crippen LogP contribution in [-0.2, 0) is 0 Å². The van der Waals surface area contributed by atoms with E-state index in [-0.39, 0.29) is 28.6 Å². The topological polar surface area (TPSA) is 124 Å². The predicted octanol–water partition coefficient (Wildman–Crippen LogP) is 2.55. The maximum Gasteiger partial charge on any atom is 0.405 e. The minimum absolute atomic E-state index is 0.105. The number of nitrogens with one attached hydrogen (secondary N) is 2. The molecule has 0 bridgehead atoms. The molecule has 1 aliphatic carbocycles. The van der Waals surface area contributed by atoms with Gasteiger partial charge in [0.2, 0.25) is 5.95 Å². The summed E-state index contributed by atoms with van der Waals surface area (Å²) < 4.78 is 14.4. The lowest BCUT2D eigenvalue weighted by atomic mass is 10.2. The summed E-state index contributed by atoms with van der Waals surface area (Å²) in [4.78, 5) is 25.2. The SMILES string of the molecule is C[C@@H]1[C@@H]2CN(c3nc(Nc4cnc([C@@H](C)O)c(Cl)c4)ncc3F)C[C@]12NC(=O)O. The molecule has 11 heteroatoms. The monoisotopic (exact) mass is 422 g/mol. The van der Waals surface area contributed by atoms with Crippen LogP contribution >= 0.6 is 11.6 Å². The summed E-state index contributed by atoms with van der Waals surface area (Å²) in [6.07, 6.45) is 0.644. The van der Waals surface area contributed by atoms with Crippen molar-refractivity contribution in [1.82, 2.24) is 20.3 Å². The molecule has 1 amide bonds. The van der Waals surface area contributed by atoms with Gasteiger partial charge in [0.25, 0.3) is 0 Å². The van der Waals surface area contributed by atoms with Gasteiger partial charge in [0.15, 0.2) is 11.6 Å². The first-order chi connectivity index (χ1) is 13.7. The van der Waals surface area contributed by atoms with Gasteiger partial charge in [-0.3, -0.25) is 4.98 Å². The second kappa shape index (κ2) is 6.96. The van der Waals surface area contributed by atoms with Crippen LogP contribution in [0.3, 0.4) is 0 Å². The zero-order valence-corrected chi connectivity index (χ0v) is 16.5. The van der Waals surface area contributed by atoms with E-state index in [9.17, 15) is 14.3 Å². The molecule has 4 N–H and O–H groups in total. The van der Waals surface area contributed by atoms with Crippen molar-refractivity contribution in [3.05, 3.63) is 35.0 Å². The molecule has 0 spiro atoms. The number of aromatic nitrogens is 3. The van der Waals surface area contributed by atoms with Crippen LogP contribution in [0.15, 0.2) is 18.5 Å². The van der Waals surface area contributed by atoms with Crippen molar-refractivity contribution >= 4 is 35.1 Å². The number of aliphatic hydroxyl groups is 1. The molecule has 3 heterocycles. The van der Waals surface area contributed by atoms with E-state index in [1.54, 1.807) is 17.9 Å². The number of rotatable bonds is 5. The number of carbonyl (C=O) groups is 1. The fourth-order valence-corrected chi connectivity index (χ4v) is 4.45. The smallest absolute Gasteiger partial charge is 0.405 e. The number of carboxylic acid groups (broad SMARTS) is 1. The van der Waals surface area contributed by atoms with Crippen LogP contribution < -0.4 is 15.5 Å². The summed E-state index contributed by atoms with van der Waals surface area (Å²) in [5, 5.41) is 24.5. The van der Waals surface area contributed by atoms with Crippen molar-refractivity contribution in [3.8, 4) is 0 Å². The van der Waals surface area contributed by atoms with Crippen LogP contribution in [0.2, 0.25) is 5.02 Å². The third-order valence-electron chi connectivity index (χ3n) is 5.72. The molecule has 4 atom stereocenters. The molecule has 1 saturated heterocycles. The van der Waals surface area contributed by atoms with E-state index in [1.165, 1.54) is 6.20 Å². The molecule has 0 aromatic carbocycles. The standard InChI is InChI=1S/C18H20ClFN6O3/c1-8-11-6-26(7-18(8,11)25-17(28)29)15-13(20)5-22-16(24-15)23-10-3-12(19)14(9(2)27)21-4-10/h3-5,8-9,11,25,27H,6-7H2,1-2H3,(H,28,29)(H,22,23,24)/t8-,9-,11+,18+/m1/s1. The van der Waals surface area contributed by atoms with E-state index in [1.807, 2.05) is 6.92 Å². The molecule has 1 saturated carbocycles. The third kappa shape index (κ3) is 3.42. The molecule has 0 unspecified atom stereocenters. The Labute approximate surface area is 170 Å². The molecular weight excluding hydrogens is 403 g/mol. The average molecular weight is 423 g/mol. The van der Waals surface area contributed by atoms with Gasteiger partial charge in [0, 0.05) is 19.0 Å². The van der Waals surface area contributed by atoms with Crippen LogP contribution in [0.4, 0.5) is 26.6 Å². The van der Waals surface area contributed by atoms with E-state index in [0.717, 1.165) is 6.20 Å². The third-order valence-corrected chi connectivity index (χ3v) is 6.03. The highest BCUT2D eigenvalue weighted by molar-refractivity contribution is 6.31. The maximum atomic E-state index is 14.4. The van der Waals surface area contributed by atoms with Crippen LogP contribution in [0, 0.1) is 17.7 Å². The Morgan fingerprint density at radius 1 is 1.45 bits per heavy atom. The van der Waals surface area contributed by atoms with Gasteiger partial charge in [-0.2, -0.15) is 4.98 Å². The Morgan fingerprint density at radius 3 is 2.86 bits per heavy atom. The molecule has 2 aromatic rings. The van der Waals surface area contributed by atoms with Gasteiger partial charge in [0.1, 0.15) is 0 Å². The average Bonchev–Trinajstić information content (AvgIpc) is 2.98. The zero-order valence-electron chi connectivity index (χ0n) is 15.7. The van der Waals surface area contributed by atoms with Gasteiger partial charge in [0.05, 0.1) is 40.4 Å². The Kier molecular flexibility index (Phi) is 4.70. The van der Waals surface area contributed by atoms with E-state index in [0.29, 0.717) is 24.5 Å². The first kappa shape index (κ1) is 19.6. The minimum atomic E-state index is -1.09. The first-order valence-electron chi connectivity index (χ1n) is 9.10. The highest BCUT2D eigenvalue weighted by Crippen LogP contribution is 2.55. The van der Waals surface area contributed by atoms with Gasteiger partial charge < -0.3 is 25.7 Å². The molecule has 4 rings (SSSR count). The predicted molar refractivity (Wildman–Crippen MR) is 104 cm³/mol. The van der Waals surface area contributed by atoms with E-state index in [4.69, 9.17) is 16.7 Å². The summed E-state index contributed by atoms with van der Waals surface area (Å²) in [6, 6.07) is 1.57. The van der Waals surface area contributed by atoms with Gasteiger partial charge in [-0.25, -0.2) is 14.2 Å². The van der Waals surface area contributed by atoms with Crippen molar-refractivity contribution in [2.75, 3.05) is 23.3 Å². The largest absolute Gasteiger partial charge is 0.465 e. The van der Waals surface area contributed by atoms with Crippen LogP contribution in [0.1, 0.15) is 25.6 Å². The minimum Gasteiger partial charge on any atom is -0.465 e. The number of aliphatic hydroxyl groups excluding tert-OH is 1. The molecular formula is C18H20ClFN6O3. The molecule has 2 aromatic heterocycles. The molecule has 2 fully saturated rings. The number of fused-ring (bicyclic) bond motifs is 1. The highest BCUT2D eigenvalue weighted by Gasteiger charge is 2.68. The van der Waals surface area contributed by atoms with E-state index < -0.39 is 23.6 Å².